The lowest BCUT2D eigenvalue weighted by Gasteiger charge is -2.26. The fourth-order valence-electron chi connectivity index (χ4n) is 3.29. The number of carbonyl (C=O) groups is 2. The number of nitrogens with one attached hydrogen (secondary N) is 1. The Morgan fingerprint density at radius 2 is 1.84 bits per heavy atom. The average molecular weight is 267 g/mol. The van der Waals surface area contributed by atoms with Gasteiger partial charge < -0.3 is 10.4 Å². The predicted molar refractivity (Wildman–Crippen MR) is 72.7 cm³/mol. The van der Waals surface area contributed by atoms with Crippen molar-refractivity contribution in [1.29, 1.82) is 0 Å². The molecular weight excluding hydrogens is 242 g/mol. The molecule has 2 rings (SSSR count). The summed E-state index contributed by atoms with van der Waals surface area (Å²) in [7, 11) is 0. The zero-order valence-corrected chi connectivity index (χ0v) is 11.6. The van der Waals surface area contributed by atoms with Crippen LogP contribution in [0.1, 0.15) is 64.2 Å². The summed E-state index contributed by atoms with van der Waals surface area (Å²) in [6.07, 6.45) is 9.41. The third kappa shape index (κ3) is 4.84. The van der Waals surface area contributed by atoms with Gasteiger partial charge in [-0.05, 0) is 37.0 Å². The van der Waals surface area contributed by atoms with Crippen LogP contribution >= 0.6 is 0 Å². The summed E-state index contributed by atoms with van der Waals surface area (Å²) in [5.74, 6) is 0.174. The quantitative estimate of drug-likeness (QED) is 0.664. The first-order valence-electron chi connectivity index (χ1n) is 7.58. The van der Waals surface area contributed by atoms with E-state index in [1.54, 1.807) is 0 Å². The van der Waals surface area contributed by atoms with Crippen LogP contribution < -0.4 is 5.32 Å². The second kappa shape index (κ2) is 6.40. The van der Waals surface area contributed by atoms with Gasteiger partial charge in [0, 0.05) is 13.0 Å². The fourth-order valence-corrected chi connectivity index (χ4v) is 3.29. The minimum atomic E-state index is -0.775. The maximum absolute atomic E-state index is 11.9. The molecule has 0 aromatic heterocycles. The van der Waals surface area contributed by atoms with Gasteiger partial charge in [-0.1, -0.05) is 25.7 Å². The lowest BCUT2D eigenvalue weighted by molar-refractivity contribution is -0.140. The molecule has 2 fully saturated rings. The van der Waals surface area contributed by atoms with Crippen LogP contribution in [0.2, 0.25) is 0 Å². The number of aliphatic carboxylic acids is 1. The van der Waals surface area contributed by atoms with Gasteiger partial charge in [-0.15, -0.1) is 0 Å². The van der Waals surface area contributed by atoms with E-state index in [1.165, 1.54) is 19.3 Å². The third-order valence-corrected chi connectivity index (χ3v) is 4.53. The van der Waals surface area contributed by atoms with Crippen molar-refractivity contribution in [2.24, 2.45) is 11.3 Å². The van der Waals surface area contributed by atoms with Crippen LogP contribution in [0.3, 0.4) is 0 Å². The lowest BCUT2D eigenvalue weighted by Crippen LogP contribution is -2.32. The number of carboxylic acid groups (broad SMARTS) is 1. The monoisotopic (exact) mass is 267 g/mol. The first-order chi connectivity index (χ1) is 9.10. The van der Waals surface area contributed by atoms with Crippen molar-refractivity contribution in [3.8, 4) is 0 Å². The molecule has 19 heavy (non-hydrogen) atoms. The summed E-state index contributed by atoms with van der Waals surface area (Å²) in [6, 6.07) is 0. The minimum Gasteiger partial charge on any atom is -0.481 e. The molecular formula is C15H25NO3. The SMILES string of the molecule is O=C(O)CC1(CC(=O)NCCCC2CC2)CCCC1. The molecule has 0 atom stereocenters. The van der Waals surface area contributed by atoms with E-state index in [-0.39, 0.29) is 17.7 Å². The van der Waals surface area contributed by atoms with Crippen LogP contribution in [-0.2, 0) is 9.59 Å². The van der Waals surface area contributed by atoms with Crippen molar-refractivity contribution in [2.75, 3.05) is 6.54 Å². The van der Waals surface area contributed by atoms with Crippen LogP contribution in [0.4, 0.5) is 0 Å². The molecule has 0 aromatic rings. The second-order valence-electron chi connectivity index (χ2n) is 6.39. The Morgan fingerprint density at radius 1 is 1.16 bits per heavy atom. The molecule has 0 aromatic carbocycles. The van der Waals surface area contributed by atoms with Gasteiger partial charge in [0.2, 0.25) is 5.91 Å². The standard InChI is InChI=1S/C15H25NO3/c17-13(16-9-3-4-12-5-6-12)10-15(11-14(18)19)7-1-2-8-15/h12H,1-11H2,(H,16,17)(H,18,19). The van der Waals surface area contributed by atoms with Gasteiger partial charge in [0.15, 0.2) is 0 Å². The molecule has 0 spiro atoms. The average Bonchev–Trinajstić information content (AvgIpc) is 3.05. The van der Waals surface area contributed by atoms with E-state index >= 15 is 0 Å². The van der Waals surface area contributed by atoms with E-state index in [2.05, 4.69) is 5.32 Å². The third-order valence-electron chi connectivity index (χ3n) is 4.53. The van der Waals surface area contributed by atoms with Gasteiger partial charge in [-0.25, -0.2) is 0 Å². The van der Waals surface area contributed by atoms with Crippen LogP contribution in [0.15, 0.2) is 0 Å². The molecule has 0 aliphatic heterocycles. The van der Waals surface area contributed by atoms with Crippen LogP contribution in [-0.4, -0.2) is 23.5 Å². The van der Waals surface area contributed by atoms with Gasteiger partial charge in [0.1, 0.15) is 0 Å². The predicted octanol–water partition coefficient (Wildman–Crippen LogP) is 2.72. The molecule has 1 amide bonds. The van der Waals surface area contributed by atoms with Crippen molar-refractivity contribution in [1.82, 2.24) is 5.32 Å². The Balaban J connectivity index is 1.69. The molecule has 4 heteroatoms. The Hall–Kier alpha value is -1.06. The maximum Gasteiger partial charge on any atom is 0.303 e. The number of carbonyl (C=O) groups excluding carboxylic acids is 1. The first kappa shape index (κ1) is 14.4. The Bertz CT molecular complexity index is 330. The van der Waals surface area contributed by atoms with E-state index < -0.39 is 5.97 Å². The lowest BCUT2D eigenvalue weighted by atomic mass is 9.79. The van der Waals surface area contributed by atoms with Crippen molar-refractivity contribution >= 4 is 11.9 Å². The van der Waals surface area contributed by atoms with E-state index in [0.717, 1.165) is 44.6 Å². The second-order valence-corrected chi connectivity index (χ2v) is 6.39. The summed E-state index contributed by atoms with van der Waals surface area (Å²) >= 11 is 0. The Labute approximate surface area is 115 Å². The van der Waals surface area contributed by atoms with Crippen molar-refractivity contribution in [3.63, 3.8) is 0 Å². The molecule has 0 bridgehead atoms. The van der Waals surface area contributed by atoms with Crippen LogP contribution in [0, 0.1) is 11.3 Å². The number of rotatable bonds is 8. The maximum atomic E-state index is 11.9. The first-order valence-corrected chi connectivity index (χ1v) is 7.58. The van der Waals surface area contributed by atoms with Gasteiger partial charge in [0.25, 0.3) is 0 Å². The highest BCUT2D eigenvalue weighted by Crippen LogP contribution is 2.44. The molecule has 0 unspecified atom stereocenters. The normalized spacial score (nSPS) is 21.3. The highest BCUT2D eigenvalue weighted by molar-refractivity contribution is 5.78. The zero-order valence-electron chi connectivity index (χ0n) is 11.6. The highest BCUT2D eigenvalue weighted by atomic mass is 16.4. The molecule has 2 aliphatic rings. The fraction of sp³-hybridized carbons (Fsp3) is 0.867. The topological polar surface area (TPSA) is 66.4 Å². The number of carboxylic acids is 1. The number of amides is 1. The van der Waals surface area contributed by atoms with Gasteiger partial charge >= 0.3 is 5.97 Å². The summed E-state index contributed by atoms with van der Waals surface area (Å²) in [6.45, 7) is 0.748. The van der Waals surface area contributed by atoms with Gasteiger partial charge in [-0.2, -0.15) is 0 Å². The van der Waals surface area contributed by atoms with E-state index in [0.29, 0.717) is 6.42 Å². The van der Waals surface area contributed by atoms with Gasteiger partial charge in [0.05, 0.1) is 6.42 Å². The molecule has 108 valence electrons. The summed E-state index contributed by atoms with van der Waals surface area (Å²) in [5, 5.41) is 12.0. The summed E-state index contributed by atoms with van der Waals surface area (Å²) in [4.78, 5) is 22.9. The van der Waals surface area contributed by atoms with E-state index in [9.17, 15) is 9.59 Å². The van der Waals surface area contributed by atoms with Crippen molar-refractivity contribution in [2.45, 2.75) is 64.2 Å². The number of hydrogen-bond acceptors (Lipinski definition) is 2. The minimum absolute atomic E-state index is 0.0407. The van der Waals surface area contributed by atoms with Gasteiger partial charge in [-0.3, -0.25) is 9.59 Å². The van der Waals surface area contributed by atoms with Crippen LogP contribution in [0.5, 0.6) is 0 Å². The molecule has 2 saturated carbocycles. The summed E-state index contributed by atoms with van der Waals surface area (Å²) in [5.41, 5.74) is -0.271. The molecule has 4 nitrogen and oxygen atoms in total. The number of hydrogen-bond donors (Lipinski definition) is 2. The van der Waals surface area contributed by atoms with Crippen LogP contribution in [0.25, 0.3) is 0 Å². The van der Waals surface area contributed by atoms with E-state index in [4.69, 9.17) is 5.11 Å². The highest BCUT2D eigenvalue weighted by Gasteiger charge is 2.37. The van der Waals surface area contributed by atoms with E-state index in [1.807, 2.05) is 0 Å². The Kier molecular flexibility index (Phi) is 4.83. The molecule has 2 aliphatic carbocycles. The molecule has 0 radical (unpaired) electrons. The molecule has 0 saturated heterocycles. The Morgan fingerprint density at radius 3 is 2.42 bits per heavy atom. The van der Waals surface area contributed by atoms with Crippen molar-refractivity contribution < 1.29 is 14.7 Å². The zero-order chi connectivity index (χ0) is 13.7. The molecule has 0 heterocycles. The smallest absolute Gasteiger partial charge is 0.303 e. The molecule has 2 N–H and O–H groups in total. The summed E-state index contributed by atoms with van der Waals surface area (Å²) < 4.78 is 0. The van der Waals surface area contributed by atoms with Crippen molar-refractivity contribution in [3.05, 3.63) is 0 Å². The largest absolute Gasteiger partial charge is 0.481 e.